The summed E-state index contributed by atoms with van der Waals surface area (Å²) < 4.78 is 70.7. The summed E-state index contributed by atoms with van der Waals surface area (Å²) >= 11 is 0. The Labute approximate surface area is 138 Å². The first-order valence-corrected chi connectivity index (χ1v) is 6.77. The van der Waals surface area contributed by atoms with E-state index in [0.717, 1.165) is 0 Å². The van der Waals surface area contributed by atoms with Crippen LogP contribution in [-0.2, 0) is 16.1 Å². The van der Waals surface area contributed by atoms with Crippen LogP contribution < -0.4 is 5.32 Å². The highest BCUT2D eigenvalue weighted by Crippen LogP contribution is 2.24. The Morgan fingerprint density at radius 3 is 2.08 bits per heavy atom. The Bertz CT molecular complexity index is 825. The average molecular weight is 359 g/mol. The lowest BCUT2D eigenvalue weighted by molar-refractivity contribution is -0.114. The van der Waals surface area contributed by atoms with E-state index in [2.05, 4.69) is 10.1 Å². The lowest BCUT2D eigenvalue weighted by Gasteiger charge is -2.10. The number of anilines is 1. The molecule has 2 aromatic carbocycles. The normalized spacial score (nSPS) is 10.5. The first-order chi connectivity index (χ1) is 11.7. The van der Waals surface area contributed by atoms with E-state index in [9.17, 15) is 31.5 Å². The summed E-state index contributed by atoms with van der Waals surface area (Å²) in [5.41, 5.74) is -1.09. The van der Waals surface area contributed by atoms with Crippen molar-refractivity contribution in [2.24, 2.45) is 0 Å². The van der Waals surface area contributed by atoms with Crippen LogP contribution in [0.2, 0.25) is 0 Å². The minimum absolute atomic E-state index is 0.0879. The maximum Gasteiger partial charge on any atom is 0.338 e. The van der Waals surface area contributed by atoms with Crippen molar-refractivity contribution in [2.45, 2.75) is 13.5 Å². The van der Waals surface area contributed by atoms with E-state index in [1.165, 1.54) is 31.2 Å². The van der Waals surface area contributed by atoms with Gasteiger partial charge >= 0.3 is 5.97 Å². The zero-order valence-corrected chi connectivity index (χ0v) is 12.6. The average Bonchev–Trinajstić information content (AvgIpc) is 2.57. The number of esters is 1. The van der Waals surface area contributed by atoms with Crippen molar-refractivity contribution in [1.29, 1.82) is 0 Å². The number of hydrogen-bond donors (Lipinski definition) is 1. The van der Waals surface area contributed by atoms with Gasteiger partial charge in [-0.25, -0.2) is 26.7 Å². The molecule has 0 unspecified atom stereocenters. The highest BCUT2D eigenvalue weighted by Gasteiger charge is 2.26. The number of halogens is 5. The molecule has 0 aliphatic carbocycles. The Balaban J connectivity index is 2.20. The zero-order chi connectivity index (χ0) is 18.7. The molecule has 0 fully saturated rings. The summed E-state index contributed by atoms with van der Waals surface area (Å²) in [7, 11) is 0. The molecule has 0 radical (unpaired) electrons. The largest absolute Gasteiger partial charge is 0.457 e. The lowest BCUT2D eigenvalue weighted by atomic mass is 10.1. The first kappa shape index (κ1) is 18.4. The second kappa shape index (κ2) is 7.29. The highest BCUT2D eigenvalue weighted by atomic mass is 19.2. The molecule has 0 aromatic heterocycles. The van der Waals surface area contributed by atoms with Crippen LogP contribution in [0.5, 0.6) is 0 Å². The second-order valence-electron chi connectivity index (χ2n) is 4.89. The number of hydrogen-bond acceptors (Lipinski definition) is 3. The smallest absolute Gasteiger partial charge is 0.338 e. The van der Waals surface area contributed by atoms with E-state index in [-0.39, 0.29) is 11.3 Å². The quantitative estimate of drug-likeness (QED) is 0.392. The molecule has 0 aliphatic heterocycles. The summed E-state index contributed by atoms with van der Waals surface area (Å²) in [5, 5.41) is 2.41. The van der Waals surface area contributed by atoms with Gasteiger partial charge in [0.25, 0.3) is 0 Å². The number of amides is 1. The highest BCUT2D eigenvalue weighted by molar-refractivity contribution is 5.93. The number of carbonyl (C=O) groups excluding carboxylic acids is 2. The molecule has 0 saturated carbocycles. The van der Waals surface area contributed by atoms with Crippen LogP contribution in [0.25, 0.3) is 0 Å². The first-order valence-electron chi connectivity index (χ1n) is 6.77. The van der Waals surface area contributed by atoms with Gasteiger partial charge in [0, 0.05) is 12.6 Å². The van der Waals surface area contributed by atoms with Crippen LogP contribution in [0.15, 0.2) is 24.3 Å². The van der Waals surface area contributed by atoms with Crippen LogP contribution in [0.4, 0.5) is 27.6 Å². The van der Waals surface area contributed by atoms with Crippen molar-refractivity contribution < 1.29 is 36.3 Å². The third-order valence-corrected chi connectivity index (χ3v) is 3.07. The van der Waals surface area contributed by atoms with Crippen LogP contribution in [0.1, 0.15) is 22.8 Å². The molecule has 4 nitrogen and oxygen atoms in total. The van der Waals surface area contributed by atoms with Crippen molar-refractivity contribution in [3.63, 3.8) is 0 Å². The Morgan fingerprint density at radius 1 is 0.960 bits per heavy atom. The maximum absolute atomic E-state index is 13.5. The molecule has 0 aliphatic rings. The third-order valence-electron chi connectivity index (χ3n) is 3.07. The topological polar surface area (TPSA) is 55.4 Å². The zero-order valence-electron chi connectivity index (χ0n) is 12.6. The summed E-state index contributed by atoms with van der Waals surface area (Å²) in [5.74, 6) is -12.2. The van der Waals surface area contributed by atoms with Crippen LogP contribution in [0, 0.1) is 29.1 Å². The molecular formula is C16H10F5NO3. The lowest BCUT2D eigenvalue weighted by Crippen LogP contribution is -2.12. The molecule has 0 atom stereocenters. The molecule has 2 aromatic rings. The third kappa shape index (κ3) is 3.93. The van der Waals surface area contributed by atoms with Crippen molar-refractivity contribution in [3.8, 4) is 0 Å². The number of carbonyl (C=O) groups is 2. The standard InChI is InChI=1S/C16H10F5NO3/c1-7(23)22-9-4-2-3-8(5-9)16(24)25-6-10-11(17)13(19)15(21)14(20)12(10)18/h2-5H,6H2,1H3,(H,22,23). The van der Waals surface area contributed by atoms with E-state index in [4.69, 9.17) is 0 Å². The van der Waals surface area contributed by atoms with Gasteiger partial charge in [0.15, 0.2) is 23.3 Å². The van der Waals surface area contributed by atoms with Gasteiger partial charge in [0.2, 0.25) is 11.7 Å². The molecule has 0 bridgehead atoms. The Kier molecular flexibility index (Phi) is 5.35. The molecule has 25 heavy (non-hydrogen) atoms. The Morgan fingerprint density at radius 2 is 1.52 bits per heavy atom. The summed E-state index contributed by atoms with van der Waals surface area (Å²) in [6, 6.07) is 5.39. The maximum atomic E-state index is 13.5. The van der Waals surface area contributed by atoms with Gasteiger partial charge < -0.3 is 10.1 Å². The number of ether oxygens (including phenoxy) is 1. The fourth-order valence-corrected chi connectivity index (χ4v) is 1.93. The fraction of sp³-hybridized carbons (Fsp3) is 0.125. The van der Waals surface area contributed by atoms with Crippen molar-refractivity contribution in [1.82, 2.24) is 0 Å². The van der Waals surface area contributed by atoms with Crippen molar-refractivity contribution in [3.05, 3.63) is 64.5 Å². The SMILES string of the molecule is CC(=O)Nc1cccc(C(=O)OCc2c(F)c(F)c(F)c(F)c2F)c1. The molecule has 9 heteroatoms. The van der Waals surface area contributed by atoms with Crippen LogP contribution in [0.3, 0.4) is 0 Å². The molecule has 1 N–H and O–H groups in total. The van der Waals surface area contributed by atoms with Gasteiger partial charge in [-0.1, -0.05) is 6.07 Å². The van der Waals surface area contributed by atoms with E-state index in [1.807, 2.05) is 0 Å². The molecule has 2 rings (SSSR count). The molecule has 1 amide bonds. The molecule has 0 heterocycles. The van der Waals surface area contributed by atoms with Crippen molar-refractivity contribution in [2.75, 3.05) is 5.32 Å². The molecule has 0 saturated heterocycles. The molecular weight excluding hydrogens is 349 g/mol. The fourth-order valence-electron chi connectivity index (χ4n) is 1.93. The predicted molar refractivity (Wildman–Crippen MR) is 76.1 cm³/mol. The van der Waals surface area contributed by atoms with E-state index >= 15 is 0 Å². The van der Waals surface area contributed by atoms with Gasteiger partial charge in [0.05, 0.1) is 11.1 Å². The van der Waals surface area contributed by atoms with Gasteiger partial charge in [-0.2, -0.15) is 0 Å². The number of rotatable bonds is 4. The van der Waals surface area contributed by atoms with Crippen molar-refractivity contribution >= 4 is 17.6 Å². The number of benzene rings is 2. The summed E-state index contributed by atoms with van der Waals surface area (Å²) in [4.78, 5) is 22.8. The van der Waals surface area contributed by atoms with Crippen LogP contribution >= 0.6 is 0 Å². The predicted octanol–water partition coefficient (Wildman–Crippen LogP) is 3.70. The summed E-state index contributed by atoms with van der Waals surface area (Å²) in [6.07, 6.45) is 0. The van der Waals surface area contributed by atoms with Gasteiger partial charge in [-0.05, 0) is 18.2 Å². The van der Waals surface area contributed by atoms with Crippen LogP contribution in [-0.4, -0.2) is 11.9 Å². The monoisotopic (exact) mass is 359 g/mol. The van der Waals surface area contributed by atoms with Gasteiger partial charge in [-0.3, -0.25) is 4.79 Å². The van der Waals surface area contributed by atoms with E-state index in [0.29, 0.717) is 0 Å². The molecule has 0 spiro atoms. The minimum atomic E-state index is -2.30. The van der Waals surface area contributed by atoms with E-state index < -0.39 is 53.1 Å². The number of nitrogens with one attached hydrogen (secondary N) is 1. The van der Waals surface area contributed by atoms with Gasteiger partial charge in [-0.15, -0.1) is 0 Å². The summed E-state index contributed by atoms with van der Waals surface area (Å²) in [6.45, 7) is 0.0865. The minimum Gasteiger partial charge on any atom is -0.457 e. The van der Waals surface area contributed by atoms with E-state index in [1.54, 1.807) is 0 Å². The second-order valence-corrected chi connectivity index (χ2v) is 4.89. The molecule has 132 valence electrons. The van der Waals surface area contributed by atoms with Gasteiger partial charge in [0.1, 0.15) is 6.61 Å². The Hall–Kier alpha value is -2.97.